The summed E-state index contributed by atoms with van der Waals surface area (Å²) in [7, 11) is -3.42. The first-order valence-corrected chi connectivity index (χ1v) is 5.96. The normalized spacial score (nSPS) is 21.3. The molecular weight excluding hydrogens is 192 g/mol. The molecule has 0 atom stereocenters. The smallest absolute Gasteiger partial charge is 0.281 e. The summed E-state index contributed by atoms with van der Waals surface area (Å²) in [5.74, 6) is 0. The molecule has 1 rings (SSSR count). The van der Waals surface area contributed by atoms with E-state index < -0.39 is 16.9 Å². The predicted octanol–water partition coefficient (Wildman–Crippen LogP) is -0.353. The van der Waals surface area contributed by atoms with Crippen LogP contribution in [0.1, 0.15) is 25.7 Å². The van der Waals surface area contributed by atoms with Crippen LogP contribution in [-0.2, 0) is 10.2 Å². The molecule has 0 amide bonds. The van der Waals surface area contributed by atoms with Crippen molar-refractivity contribution >= 4 is 10.2 Å². The lowest BCUT2D eigenvalue weighted by atomic mass is 10.2. The van der Waals surface area contributed by atoms with Crippen molar-refractivity contribution in [3.63, 3.8) is 0 Å². The number of hydrogen-bond donors (Lipinski definition) is 2. The summed E-state index contributed by atoms with van der Waals surface area (Å²) in [5.41, 5.74) is 0. The largest absolute Gasteiger partial charge is 0.380 e. The van der Waals surface area contributed by atoms with Gasteiger partial charge in [0.2, 0.25) is 0 Å². The minimum atomic E-state index is -3.42. The number of nitrogens with one attached hydrogen (secondary N) is 1. The zero-order valence-corrected chi connectivity index (χ0v) is 8.39. The lowest BCUT2D eigenvalue weighted by Gasteiger charge is -2.19. The number of aliphatic hydroxyl groups excluding tert-OH is 1. The summed E-state index contributed by atoms with van der Waals surface area (Å²) in [6.45, 7) is 0.601. The second-order valence-corrected chi connectivity index (χ2v) is 4.88. The van der Waals surface area contributed by atoms with E-state index in [1.54, 1.807) is 0 Å². The van der Waals surface area contributed by atoms with Gasteiger partial charge in [0, 0.05) is 13.1 Å². The van der Waals surface area contributed by atoms with Gasteiger partial charge in [-0.05, 0) is 12.8 Å². The fourth-order valence-electron chi connectivity index (χ4n) is 1.45. The van der Waals surface area contributed by atoms with E-state index in [2.05, 4.69) is 4.72 Å². The maximum Gasteiger partial charge on any atom is 0.281 e. The van der Waals surface area contributed by atoms with Gasteiger partial charge in [0.1, 0.15) is 6.73 Å². The lowest BCUT2D eigenvalue weighted by Crippen LogP contribution is -2.41. The Morgan fingerprint density at radius 3 is 2.15 bits per heavy atom. The predicted molar refractivity (Wildman–Crippen MR) is 49.2 cm³/mol. The summed E-state index contributed by atoms with van der Waals surface area (Å²) < 4.78 is 26.3. The third-order valence-corrected chi connectivity index (χ3v) is 3.69. The molecule has 0 aromatic carbocycles. The van der Waals surface area contributed by atoms with Crippen LogP contribution < -0.4 is 4.72 Å². The highest BCUT2D eigenvalue weighted by Crippen LogP contribution is 2.11. The molecule has 0 unspecified atom stereocenters. The molecule has 0 aromatic rings. The number of rotatable bonds is 3. The molecule has 13 heavy (non-hydrogen) atoms. The van der Waals surface area contributed by atoms with Crippen molar-refractivity contribution in [2.75, 3.05) is 19.8 Å². The van der Waals surface area contributed by atoms with Crippen molar-refractivity contribution in [1.82, 2.24) is 9.03 Å². The Morgan fingerprint density at radius 2 is 1.69 bits per heavy atom. The Morgan fingerprint density at radius 1 is 1.15 bits per heavy atom. The number of aliphatic hydroxyl groups is 1. The van der Waals surface area contributed by atoms with Gasteiger partial charge in [0.05, 0.1) is 0 Å². The number of nitrogens with zero attached hydrogens (tertiary/aromatic N) is 1. The van der Waals surface area contributed by atoms with Crippen molar-refractivity contribution < 1.29 is 13.5 Å². The van der Waals surface area contributed by atoms with Crippen molar-refractivity contribution in [3.8, 4) is 0 Å². The van der Waals surface area contributed by atoms with Gasteiger partial charge >= 0.3 is 0 Å². The minimum Gasteiger partial charge on any atom is -0.380 e. The maximum absolute atomic E-state index is 11.4. The van der Waals surface area contributed by atoms with E-state index in [1.807, 2.05) is 0 Å². The molecule has 0 saturated carbocycles. The van der Waals surface area contributed by atoms with Crippen molar-refractivity contribution in [2.45, 2.75) is 25.7 Å². The average Bonchev–Trinajstić information content (AvgIpc) is 2.31. The van der Waals surface area contributed by atoms with Gasteiger partial charge in [-0.1, -0.05) is 12.8 Å². The molecule has 78 valence electrons. The van der Waals surface area contributed by atoms with Crippen LogP contribution in [-0.4, -0.2) is 37.6 Å². The molecule has 1 aliphatic rings. The third kappa shape index (κ3) is 3.22. The first-order valence-electron chi connectivity index (χ1n) is 4.52. The summed E-state index contributed by atoms with van der Waals surface area (Å²) in [6, 6.07) is 0. The van der Waals surface area contributed by atoms with E-state index in [0.717, 1.165) is 25.7 Å². The highest BCUT2D eigenvalue weighted by molar-refractivity contribution is 7.87. The molecule has 1 fully saturated rings. The SMILES string of the molecule is O=S(=O)(NCO)N1CCCCCC1. The molecule has 1 saturated heterocycles. The molecular formula is C7H16N2O3S. The highest BCUT2D eigenvalue weighted by atomic mass is 32.2. The summed E-state index contributed by atoms with van der Waals surface area (Å²) >= 11 is 0. The van der Waals surface area contributed by atoms with E-state index >= 15 is 0 Å². The summed E-state index contributed by atoms with van der Waals surface area (Å²) in [6.07, 6.45) is 4.00. The Bertz CT molecular complexity index is 232. The van der Waals surface area contributed by atoms with Crippen LogP contribution >= 0.6 is 0 Å². The molecule has 2 N–H and O–H groups in total. The fraction of sp³-hybridized carbons (Fsp3) is 1.00. The first-order chi connectivity index (χ1) is 6.17. The van der Waals surface area contributed by atoms with Crippen molar-refractivity contribution in [2.24, 2.45) is 0 Å². The Hall–Kier alpha value is -0.170. The molecule has 5 nitrogen and oxygen atoms in total. The lowest BCUT2D eigenvalue weighted by molar-refractivity contribution is 0.281. The van der Waals surface area contributed by atoms with Gasteiger partial charge in [0.25, 0.3) is 10.2 Å². The zero-order valence-electron chi connectivity index (χ0n) is 7.57. The van der Waals surface area contributed by atoms with Crippen LogP contribution in [0.25, 0.3) is 0 Å². The van der Waals surface area contributed by atoms with Crippen LogP contribution in [0.15, 0.2) is 0 Å². The molecule has 1 heterocycles. The maximum atomic E-state index is 11.4. The second-order valence-electron chi connectivity index (χ2n) is 3.12. The van der Waals surface area contributed by atoms with E-state index in [-0.39, 0.29) is 0 Å². The number of hydrogen-bond acceptors (Lipinski definition) is 3. The second kappa shape index (κ2) is 4.90. The monoisotopic (exact) mass is 208 g/mol. The van der Waals surface area contributed by atoms with Crippen LogP contribution in [0, 0.1) is 0 Å². The topological polar surface area (TPSA) is 69.6 Å². The van der Waals surface area contributed by atoms with Gasteiger partial charge in [0.15, 0.2) is 0 Å². The van der Waals surface area contributed by atoms with Gasteiger partial charge in [-0.2, -0.15) is 17.4 Å². The molecule has 0 aliphatic carbocycles. The van der Waals surface area contributed by atoms with E-state index in [9.17, 15) is 8.42 Å². The van der Waals surface area contributed by atoms with E-state index in [1.165, 1.54) is 4.31 Å². The Kier molecular flexibility index (Phi) is 4.11. The zero-order chi connectivity index (χ0) is 9.73. The van der Waals surface area contributed by atoms with Crippen LogP contribution in [0.5, 0.6) is 0 Å². The molecule has 0 spiro atoms. The van der Waals surface area contributed by atoms with E-state index in [0.29, 0.717) is 13.1 Å². The molecule has 0 aromatic heterocycles. The van der Waals surface area contributed by atoms with Gasteiger partial charge in [-0.25, -0.2) is 0 Å². The third-order valence-electron chi connectivity index (χ3n) is 2.15. The molecule has 0 radical (unpaired) electrons. The highest BCUT2D eigenvalue weighted by Gasteiger charge is 2.21. The summed E-state index contributed by atoms with van der Waals surface area (Å²) in [4.78, 5) is 0. The quantitative estimate of drug-likeness (QED) is 0.623. The standard InChI is InChI=1S/C7H16N2O3S/c10-7-8-13(11,12)9-5-3-1-2-4-6-9/h8,10H,1-7H2. The van der Waals surface area contributed by atoms with E-state index in [4.69, 9.17) is 5.11 Å². The first kappa shape index (κ1) is 10.9. The Balaban J connectivity index is 2.57. The van der Waals surface area contributed by atoms with Crippen LogP contribution in [0.3, 0.4) is 0 Å². The fourth-order valence-corrected chi connectivity index (χ4v) is 2.54. The summed E-state index contributed by atoms with van der Waals surface area (Å²) in [5, 5.41) is 8.49. The minimum absolute atomic E-state index is 0.529. The van der Waals surface area contributed by atoms with Gasteiger partial charge in [-0.3, -0.25) is 0 Å². The van der Waals surface area contributed by atoms with Crippen LogP contribution in [0.4, 0.5) is 0 Å². The molecule has 6 heteroatoms. The van der Waals surface area contributed by atoms with Gasteiger partial charge < -0.3 is 5.11 Å². The molecule has 1 aliphatic heterocycles. The van der Waals surface area contributed by atoms with Crippen LogP contribution in [0.2, 0.25) is 0 Å². The van der Waals surface area contributed by atoms with Crippen molar-refractivity contribution in [1.29, 1.82) is 0 Å². The van der Waals surface area contributed by atoms with Crippen molar-refractivity contribution in [3.05, 3.63) is 0 Å². The average molecular weight is 208 g/mol. The molecule has 0 bridgehead atoms. The Labute approximate surface area is 78.9 Å². The van der Waals surface area contributed by atoms with Gasteiger partial charge in [-0.15, -0.1) is 0 Å².